The summed E-state index contributed by atoms with van der Waals surface area (Å²) in [5, 5.41) is 2.24. The van der Waals surface area contributed by atoms with Gasteiger partial charge in [0.05, 0.1) is 0 Å². The van der Waals surface area contributed by atoms with Crippen molar-refractivity contribution in [3.05, 3.63) is 53.7 Å². The molecule has 2 nitrogen and oxygen atoms in total. The van der Waals surface area contributed by atoms with E-state index in [0.29, 0.717) is 12.1 Å². The number of pyridine rings is 1. The molecule has 1 aromatic carbocycles. The van der Waals surface area contributed by atoms with Crippen LogP contribution in [0.25, 0.3) is 0 Å². The first kappa shape index (κ1) is 11.4. The second kappa shape index (κ2) is 4.40. The number of aromatic nitrogens is 1. The van der Waals surface area contributed by atoms with Gasteiger partial charge in [0.15, 0.2) is 11.6 Å². The lowest BCUT2D eigenvalue weighted by molar-refractivity contribution is 0.548. The van der Waals surface area contributed by atoms with E-state index in [2.05, 4.69) is 10.3 Å². The van der Waals surface area contributed by atoms with E-state index < -0.39 is 29.1 Å². The zero-order valence-corrected chi connectivity index (χ0v) is 8.35. The number of anilines is 2. The quantitative estimate of drug-likeness (QED) is 0.645. The molecule has 6 heteroatoms. The fraction of sp³-hybridized carbons (Fsp3) is 0. The van der Waals surface area contributed by atoms with Gasteiger partial charge in [-0.05, 0) is 12.1 Å². The van der Waals surface area contributed by atoms with E-state index in [1.807, 2.05) is 0 Å². The van der Waals surface area contributed by atoms with Crippen LogP contribution in [0.15, 0.2) is 30.3 Å². The van der Waals surface area contributed by atoms with Crippen LogP contribution in [-0.2, 0) is 0 Å². The first-order chi connectivity index (χ1) is 8.06. The lowest BCUT2D eigenvalue weighted by atomic mass is 10.2. The van der Waals surface area contributed by atoms with Gasteiger partial charge in [-0.25, -0.2) is 18.2 Å². The van der Waals surface area contributed by atoms with Gasteiger partial charge in [0.2, 0.25) is 5.95 Å². The van der Waals surface area contributed by atoms with Crippen molar-refractivity contribution in [1.82, 2.24) is 4.98 Å². The van der Waals surface area contributed by atoms with Crippen molar-refractivity contribution in [2.45, 2.75) is 0 Å². The Morgan fingerprint density at radius 1 is 0.941 bits per heavy atom. The van der Waals surface area contributed by atoms with Gasteiger partial charge >= 0.3 is 0 Å². The Morgan fingerprint density at radius 3 is 2.18 bits per heavy atom. The smallest absolute Gasteiger partial charge is 0.214 e. The maximum atomic E-state index is 13.2. The zero-order valence-electron chi connectivity index (χ0n) is 8.35. The summed E-state index contributed by atoms with van der Waals surface area (Å²) in [6.07, 6.45) is 0. The fourth-order valence-electron chi connectivity index (χ4n) is 1.27. The van der Waals surface area contributed by atoms with Gasteiger partial charge in [0.1, 0.15) is 17.3 Å². The summed E-state index contributed by atoms with van der Waals surface area (Å²) in [6.45, 7) is 0. The van der Waals surface area contributed by atoms with Gasteiger partial charge in [-0.15, -0.1) is 0 Å². The van der Waals surface area contributed by atoms with Crippen LogP contribution < -0.4 is 5.32 Å². The zero-order chi connectivity index (χ0) is 12.4. The third-order valence-electron chi connectivity index (χ3n) is 1.98. The van der Waals surface area contributed by atoms with Crippen molar-refractivity contribution >= 4 is 11.5 Å². The van der Waals surface area contributed by atoms with E-state index in [1.54, 1.807) is 0 Å². The molecule has 0 aliphatic carbocycles. The highest BCUT2D eigenvalue weighted by Crippen LogP contribution is 2.23. The molecule has 0 unspecified atom stereocenters. The van der Waals surface area contributed by atoms with Crippen molar-refractivity contribution < 1.29 is 17.6 Å². The summed E-state index contributed by atoms with van der Waals surface area (Å²) in [5.41, 5.74) is -0.579. The molecule has 0 amide bonds. The van der Waals surface area contributed by atoms with Crippen LogP contribution in [0.4, 0.5) is 29.1 Å². The predicted octanol–water partition coefficient (Wildman–Crippen LogP) is 3.38. The molecular formula is C11H6F4N2. The molecule has 0 spiro atoms. The van der Waals surface area contributed by atoms with Gasteiger partial charge < -0.3 is 5.32 Å². The Morgan fingerprint density at radius 2 is 1.59 bits per heavy atom. The summed E-state index contributed by atoms with van der Waals surface area (Å²) in [4.78, 5) is 3.37. The Kier molecular flexibility index (Phi) is 2.95. The minimum Gasteiger partial charge on any atom is -0.335 e. The van der Waals surface area contributed by atoms with Crippen molar-refractivity contribution in [2.24, 2.45) is 0 Å². The van der Waals surface area contributed by atoms with Crippen molar-refractivity contribution in [3.63, 3.8) is 0 Å². The molecule has 0 aliphatic heterocycles. The highest BCUT2D eigenvalue weighted by atomic mass is 19.1. The fourth-order valence-corrected chi connectivity index (χ4v) is 1.27. The van der Waals surface area contributed by atoms with E-state index in [-0.39, 0.29) is 5.82 Å². The molecule has 0 atom stereocenters. The van der Waals surface area contributed by atoms with Gasteiger partial charge in [-0.1, -0.05) is 6.07 Å². The Bertz CT molecular complexity index is 534. The number of hydrogen-bond acceptors (Lipinski definition) is 2. The minimum atomic E-state index is -1.12. The highest BCUT2D eigenvalue weighted by molar-refractivity contribution is 5.57. The molecule has 0 saturated heterocycles. The summed E-state index contributed by atoms with van der Waals surface area (Å²) in [5.74, 6) is -4.13. The molecule has 0 bridgehead atoms. The van der Waals surface area contributed by atoms with Crippen molar-refractivity contribution in [2.75, 3.05) is 5.32 Å². The van der Waals surface area contributed by atoms with Crippen molar-refractivity contribution in [3.8, 4) is 0 Å². The van der Waals surface area contributed by atoms with E-state index in [4.69, 9.17) is 0 Å². The number of hydrogen-bond donors (Lipinski definition) is 1. The molecular weight excluding hydrogens is 236 g/mol. The van der Waals surface area contributed by atoms with E-state index in [9.17, 15) is 17.6 Å². The second-order valence-electron chi connectivity index (χ2n) is 3.21. The molecule has 17 heavy (non-hydrogen) atoms. The third-order valence-corrected chi connectivity index (χ3v) is 1.98. The molecule has 2 aromatic rings. The summed E-state index contributed by atoms with van der Waals surface area (Å²) < 4.78 is 51.8. The second-order valence-corrected chi connectivity index (χ2v) is 3.21. The van der Waals surface area contributed by atoms with Crippen LogP contribution in [-0.4, -0.2) is 4.98 Å². The van der Waals surface area contributed by atoms with Crippen LogP contribution in [0, 0.1) is 23.4 Å². The van der Waals surface area contributed by atoms with Gasteiger partial charge in [-0.2, -0.15) is 4.39 Å². The normalized spacial score (nSPS) is 10.4. The molecule has 88 valence electrons. The monoisotopic (exact) mass is 242 g/mol. The average molecular weight is 242 g/mol. The average Bonchev–Trinajstić information content (AvgIpc) is 2.23. The number of rotatable bonds is 2. The van der Waals surface area contributed by atoms with Gasteiger partial charge in [0, 0.05) is 12.1 Å². The van der Waals surface area contributed by atoms with Gasteiger partial charge in [0.25, 0.3) is 0 Å². The summed E-state index contributed by atoms with van der Waals surface area (Å²) in [6, 6.07) is 4.77. The molecule has 0 radical (unpaired) electrons. The minimum absolute atomic E-state index is 0.0746. The number of nitrogens with zero attached hydrogens (tertiary/aromatic N) is 1. The lowest BCUT2D eigenvalue weighted by Gasteiger charge is -2.07. The van der Waals surface area contributed by atoms with Gasteiger partial charge in [-0.3, -0.25) is 0 Å². The molecule has 0 aliphatic rings. The molecule has 2 rings (SSSR count). The van der Waals surface area contributed by atoms with Crippen LogP contribution >= 0.6 is 0 Å². The standard InChI is InChI=1S/C11H6F4N2/c12-6-4-7(13)11(8(14)5-6)17-10-3-1-2-9(15)16-10/h1-5H,(H,16,17). The number of nitrogens with one attached hydrogen (secondary N) is 1. The molecule has 1 aromatic heterocycles. The van der Waals surface area contributed by atoms with Crippen LogP contribution in [0.2, 0.25) is 0 Å². The Balaban J connectivity index is 2.36. The predicted molar refractivity (Wildman–Crippen MR) is 53.8 cm³/mol. The lowest BCUT2D eigenvalue weighted by Crippen LogP contribution is -2.01. The third kappa shape index (κ3) is 2.52. The Hall–Kier alpha value is -2.11. The molecule has 0 saturated carbocycles. The SMILES string of the molecule is Fc1cc(F)c(Nc2cccc(F)n2)c(F)c1. The highest BCUT2D eigenvalue weighted by Gasteiger charge is 2.12. The first-order valence-electron chi connectivity index (χ1n) is 4.60. The van der Waals surface area contributed by atoms with Crippen molar-refractivity contribution in [1.29, 1.82) is 0 Å². The molecule has 1 N–H and O–H groups in total. The number of halogens is 4. The Labute approximate surface area is 93.9 Å². The van der Waals surface area contributed by atoms with Crippen LogP contribution in [0.1, 0.15) is 0 Å². The summed E-state index contributed by atoms with van der Waals surface area (Å²) >= 11 is 0. The topological polar surface area (TPSA) is 24.9 Å². The number of benzene rings is 1. The van der Waals surface area contributed by atoms with E-state index in [0.717, 1.165) is 6.07 Å². The molecule has 1 heterocycles. The van der Waals surface area contributed by atoms with E-state index >= 15 is 0 Å². The largest absolute Gasteiger partial charge is 0.335 e. The van der Waals surface area contributed by atoms with Crippen LogP contribution in [0.3, 0.4) is 0 Å². The maximum absolute atomic E-state index is 13.2. The first-order valence-corrected chi connectivity index (χ1v) is 4.60. The van der Waals surface area contributed by atoms with E-state index in [1.165, 1.54) is 12.1 Å². The van der Waals surface area contributed by atoms with Crippen LogP contribution in [0.5, 0.6) is 0 Å². The molecule has 0 fully saturated rings. The maximum Gasteiger partial charge on any atom is 0.214 e. The summed E-state index contributed by atoms with van der Waals surface area (Å²) in [7, 11) is 0.